The predicted octanol–water partition coefficient (Wildman–Crippen LogP) is 5.79. The minimum Gasteiger partial charge on any atom is -0.470 e. The summed E-state index contributed by atoms with van der Waals surface area (Å²) in [7, 11) is 0. The summed E-state index contributed by atoms with van der Waals surface area (Å²) >= 11 is 15.4. The van der Waals surface area contributed by atoms with E-state index < -0.39 is 0 Å². The molecule has 164 valence electrons. The molecular formula is C22H18BrCl2N5O2. The van der Waals surface area contributed by atoms with E-state index in [0.717, 1.165) is 15.7 Å². The average Bonchev–Trinajstić information content (AvgIpc) is 3.36. The van der Waals surface area contributed by atoms with E-state index in [0.29, 0.717) is 28.2 Å². The Morgan fingerprint density at radius 1 is 1.09 bits per heavy atom. The van der Waals surface area contributed by atoms with Gasteiger partial charge in [0.2, 0.25) is 0 Å². The lowest BCUT2D eigenvalue weighted by Crippen LogP contribution is -2.15. The molecule has 2 aromatic heterocycles. The van der Waals surface area contributed by atoms with Gasteiger partial charge in [0, 0.05) is 27.5 Å². The van der Waals surface area contributed by atoms with E-state index in [9.17, 15) is 4.79 Å². The van der Waals surface area contributed by atoms with Crippen LogP contribution in [0.2, 0.25) is 10.0 Å². The third-order valence-electron chi connectivity index (χ3n) is 4.59. The minimum absolute atomic E-state index is 0.115. The van der Waals surface area contributed by atoms with Gasteiger partial charge in [-0.3, -0.25) is 9.48 Å². The Kier molecular flexibility index (Phi) is 6.83. The molecule has 1 N–H and O–H groups in total. The van der Waals surface area contributed by atoms with Crippen molar-refractivity contribution in [2.45, 2.75) is 20.2 Å². The van der Waals surface area contributed by atoms with Crippen LogP contribution in [0.25, 0.3) is 0 Å². The number of aryl methyl sites for hydroxylation is 1. The summed E-state index contributed by atoms with van der Waals surface area (Å²) in [4.78, 5) is 12.6. The fourth-order valence-corrected chi connectivity index (χ4v) is 3.81. The quantitative estimate of drug-likeness (QED) is 0.325. The van der Waals surface area contributed by atoms with Crippen LogP contribution >= 0.6 is 39.1 Å². The summed E-state index contributed by atoms with van der Waals surface area (Å²) in [5.74, 6) is 0.619. The van der Waals surface area contributed by atoms with E-state index in [1.807, 2.05) is 48.0 Å². The first-order chi connectivity index (χ1) is 15.4. The Bertz CT molecular complexity index is 1250. The molecule has 10 heteroatoms. The van der Waals surface area contributed by atoms with Crippen molar-refractivity contribution in [2.75, 3.05) is 5.32 Å². The number of carbonyl (C=O) groups is 1. The van der Waals surface area contributed by atoms with Gasteiger partial charge in [-0.15, -0.1) is 0 Å². The molecule has 0 fully saturated rings. The Hall–Kier alpha value is -2.81. The van der Waals surface area contributed by atoms with Gasteiger partial charge >= 0.3 is 0 Å². The number of carbonyl (C=O) groups excluding carboxylic acids is 1. The molecule has 2 aromatic carbocycles. The normalized spacial score (nSPS) is 10.9. The van der Waals surface area contributed by atoms with E-state index in [-0.39, 0.29) is 18.3 Å². The third kappa shape index (κ3) is 5.51. The molecule has 2 heterocycles. The van der Waals surface area contributed by atoms with Crippen molar-refractivity contribution >= 4 is 50.9 Å². The first-order valence-corrected chi connectivity index (χ1v) is 11.1. The van der Waals surface area contributed by atoms with Crippen LogP contribution in [0, 0.1) is 6.92 Å². The molecule has 0 spiro atoms. The summed E-state index contributed by atoms with van der Waals surface area (Å²) in [6.45, 7) is 2.62. The molecule has 1 amide bonds. The van der Waals surface area contributed by atoms with E-state index in [2.05, 4.69) is 31.4 Å². The molecule has 4 aromatic rings. The molecule has 0 saturated heterocycles. The number of hydrogen-bond acceptors (Lipinski definition) is 4. The van der Waals surface area contributed by atoms with Gasteiger partial charge in [-0.2, -0.15) is 10.2 Å². The van der Waals surface area contributed by atoms with E-state index in [4.69, 9.17) is 27.9 Å². The molecule has 4 rings (SSSR count). The van der Waals surface area contributed by atoms with Crippen LogP contribution in [0.15, 0.2) is 65.3 Å². The van der Waals surface area contributed by atoms with Crippen molar-refractivity contribution in [3.8, 4) is 5.75 Å². The molecule has 0 aliphatic rings. The highest BCUT2D eigenvalue weighted by Gasteiger charge is 2.13. The third-order valence-corrected chi connectivity index (χ3v) is 5.63. The van der Waals surface area contributed by atoms with Crippen molar-refractivity contribution in [1.82, 2.24) is 19.6 Å². The van der Waals surface area contributed by atoms with Crippen molar-refractivity contribution in [3.05, 3.63) is 92.3 Å². The topological polar surface area (TPSA) is 74.0 Å². The summed E-state index contributed by atoms with van der Waals surface area (Å²) in [5.41, 5.74) is 2.23. The van der Waals surface area contributed by atoms with Gasteiger partial charge in [0.1, 0.15) is 5.75 Å². The largest absolute Gasteiger partial charge is 0.470 e. The monoisotopic (exact) mass is 533 g/mol. The highest BCUT2D eigenvalue weighted by atomic mass is 79.9. The zero-order valence-electron chi connectivity index (χ0n) is 16.9. The van der Waals surface area contributed by atoms with Crippen LogP contribution < -0.4 is 10.1 Å². The number of anilines is 1. The van der Waals surface area contributed by atoms with Crippen molar-refractivity contribution in [2.24, 2.45) is 0 Å². The predicted molar refractivity (Wildman–Crippen MR) is 127 cm³/mol. The number of ether oxygens (including phenoxy) is 1. The molecule has 0 atom stereocenters. The van der Waals surface area contributed by atoms with Crippen LogP contribution in [0.1, 0.15) is 21.7 Å². The van der Waals surface area contributed by atoms with Gasteiger partial charge in [-0.05, 0) is 48.9 Å². The number of aromatic nitrogens is 4. The van der Waals surface area contributed by atoms with Crippen LogP contribution in [-0.4, -0.2) is 25.5 Å². The number of benzene rings is 2. The first kappa shape index (κ1) is 22.4. The van der Waals surface area contributed by atoms with E-state index >= 15 is 0 Å². The lowest BCUT2D eigenvalue weighted by molar-refractivity contribution is 0.101. The lowest BCUT2D eigenvalue weighted by atomic mass is 10.2. The summed E-state index contributed by atoms with van der Waals surface area (Å²) in [6, 6.07) is 16.3. The summed E-state index contributed by atoms with van der Waals surface area (Å²) in [5, 5.41) is 12.7. The first-order valence-electron chi connectivity index (χ1n) is 9.59. The van der Waals surface area contributed by atoms with Crippen molar-refractivity contribution < 1.29 is 9.53 Å². The van der Waals surface area contributed by atoms with E-state index in [1.165, 1.54) is 4.68 Å². The summed E-state index contributed by atoms with van der Waals surface area (Å²) in [6.07, 6.45) is 1.66. The maximum absolute atomic E-state index is 12.6. The second-order valence-corrected chi connectivity index (χ2v) is 8.76. The van der Waals surface area contributed by atoms with Crippen LogP contribution in [-0.2, 0) is 13.3 Å². The van der Waals surface area contributed by atoms with Gasteiger partial charge in [0.25, 0.3) is 5.91 Å². The number of rotatable bonds is 7. The molecule has 32 heavy (non-hydrogen) atoms. The van der Waals surface area contributed by atoms with Gasteiger partial charge in [-0.1, -0.05) is 51.3 Å². The molecular weight excluding hydrogens is 517 g/mol. The lowest BCUT2D eigenvalue weighted by Gasteiger charge is -2.08. The SMILES string of the molecule is Cc1cc(NC(=O)c2ccn(COc3ccc(Br)cc3Cl)n2)nn1Cc1ccc(Cl)cc1. The Labute approximate surface area is 203 Å². The smallest absolute Gasteiger partial charge is 0.277 e. The van der Waals surface area contributed by atoms with Gasteiger partial charge < -0.3 is 10.1 Å². The zero-order valence-corrected chi connectivity index (χ0v) is 20.0. The molecule has 0 bridgehead atoms. The van der Waals surface area contributed by atoms with Crippen molar-refractivity contribution in [1.29, 1.82) is 0 Å². The standard InChI is InChI=1S/C22H18BrCl2N5O2/c1-14-10-21(28-30(14)12-15-2-5-17(24)6-3-15)26-22(31)19-8-9-29(27-19)13-32-20-7-4-16(23)11-18(20)25/h2-11H,12-13H2,1H3,(H,26,28,31). The van der Waals surface area contributed by atoms with Gasteiger partial charge in [-0.25, -0.2) is 4.68 Å². The summed E-state index contributed by atoms with van der Waals surface area (Å²) < 4.78 is 9.85. The number of nitrogens with zero attached hydrogens (tertiary/aromatic N) is 4. The van der Waals surface area contributed by atoms with Gasteiger partial charge in [0.05, 0.1) is 11.6 Å². The zero-order chi connectivity index (χ0) is 22.7. The fraction of sp³-hybridized carbons (Fsp3) is 0.136. The highest BCUT2D eigenvalue weighted by molar-refractivity contribution is 9.10. The number of halogens is 3. The molecule has 0 aliphatic carbocycles. The minimum atomic E-state index is -0.360. The van der Waals surface area contributed by atoms with Crippen LogP contribution in [0.3, 0.4) is 0 Å². The van der Waals surface area contributed by atoms with E-state index in [1.54, 1.807) is 24.4 Å². The highest BCUT2D eigenvalue weighted by Crippen LogP contribution is 2.27. The number of hydrogen-bond donors (Lipinski definition) is 1. The molecule has 0 aliphatic heterocycles. The number of nitrogens with one attached hydrogen (secondary N) is 1. The molecule has 0 unspecified atom stereocenters. The maximum Gasteiger partial charge on any atom is 0.277 e. The van der Waals surface area contributed by atoms with Gasteiger partial charge in [0.15, 0.2) is 18.2 Å². The Morgan fingerprint density at radius 3 is 2.62 bits per heavy atom. The second kappa shape index (κ2) is 9.77. The van der Waals surface area contributed by atoms with Crippen molar-refractivity contribution in [3.63, 3.8) is 0 Å². The molecule has 7 nitrogen and oxygen atoms in total. The maximum atomic E-state index is 12.6. The number of amides is 1. The second-order valence-electron chi connectivity index (χ2n) is 7.00. The Morgan fingerprint density at radius 2 is 1.88 bits per heavy atom. The Balaban J connectivity index is 1.37. The van der Waals surface area contributed by atoms with Crippen LogP contribution in [0.4, 0.5) is 5.82 Å². The molecule has 0 radical (unpaired) electrons. The van der Waals surface area contributed by atoms with Crippen LogP contribution in [0.5, 0.6) is 5.75 Å². The fourth-order valence-electron chi connectivity index (χ4n) is 2.96. The molecule has 0 saturated carbocycles. The average molecular weight is 535 g/mol.